The van der Waals surface area contributed by atoms with Crippen molar-refractivity contribution in [1.29, 1.82) is 0 Å². The first kappa shape index (κ1) is 14.2. The molecule has 0 heterocycles. The second-order valence-electron chi connectivity index (χ2n) is 4.26. The fraction of sp³-hybridized carbons (Fsp3) is 0.571. The summed E-state index contributed by atoms with van der Waals surface area (Å²) in [6.45, 7) is 6.85. The molecule has 1 rings (SSSR count). The number of aliphatic hydroxyl groups excluding tert-OH is 1. The summed E-state index contributed by atoms with van der Waals surface area (Å²) in [4.78, 5) is 2.35. The zero-order valence-electron chi connectivity index (χ0n) is 10.8. The monoisotopic (exact) mass is 236 g/mol. The zero-order chi connectivity index (χ0) is 12.7. The average Bonchev–Trinajstić information content (AvgIpc) is 2.40. The van der Waals surface area contributed by atoms with Crippen molar-refractivity contribution >= 4 is 0 Å². The topological polar surface area (TPSA) is 49.5 Å². The van der Waals surface area contributed by atoms with E-state index < -0.39 is 0 Å². The first-order valence-corrected chi connectivity index (χ1v) is 6.38. The van der Waals surface area contributed by atoms with E-state index in [0.717, 1.165) is 13.1 Å². The molecule has 0 spiro atoms. The van der Waals surface area contributed by atoms with Crippen LogP contribution in [0, 0.1) is 5.92 Å². The normalized spacial score (nSPS) is 14.9. The van der Waals surface area contributed by atoms with Crippen molar-refractivity contribution in [1.82, 2.24) is 4.90 Å². The Balaban J connectivity index is 3.01. The Bertz CT molecular complexity index is 282. The fourth-order valence-electron chi connectivity index (χ4n) is 2.35. The van der Waals surface area contributed by atoms with Crippen molar-refractivity contribution in [2.75, 3.05) is 26.2 Å². The van der Waals surface area contributed by atoms with Gasteiger partial charge in [0, 0.05) is 18.6 Å². The van der Waals surface area contributed by atoms with Crippen molar-refractivity contribution in [2.24, 2.45) is 11.7 Å². The van der Waals surface area contributed by atoms with Crippen molar-refractivity contribution in [3.05, 3.63) is 35.9 Å². The number of aliphatic hydroxyl groups is 1. The van der Waals surface area contributed by atoms with Gasteiger partial charge in [0.15, 0.2) is 0 Å². The minimum absolute atomic E-state index is 0.0947. The predicted octanol–water partition coefficient (Wildman–Crippen LogP) is 1.64. The molecule has 3 heteroatoms. The summed E-state index contributed by atoms with van der Waals surface area (Å²) in [7, 11) is 0. The molecule has 0 unspecified atom stereocenters. The van der Waals surface area contributed by atoms with Crippen LogP contribution in [0.3, 0.4) is 0 Å². The number of hydrogen-bond donors (Lipinski definition) is 2. The van der Waals surface area contributed by atoms with Gasteiger partial charge in [-0.3, -0.25) is 4.90 Å². The lowest BCUT2D eigenvalue weighted by Crippen LogP contribution is -2.38. The highest BCUT2D eigenvalue weighted by molar-refractivity contribution is 5.20. The molecule has 0 aliphatic heterocycles. The van der Waals surface area contributed by atoms with Crippen LogP contribution in [-0.2, 0) is 0 Å². The number of nitrogens with two attached hydrogens (primary N) is 1. The van der Waals surface area contributed by atoms with Gasteiger partial charge in [-0.05, 0) is 25.2 Å². The van der Waals surface area contributed by atoms with Gasteiger partial charge in [-0.15, -0.1) is 0 Å². The van der Waals surface area contributed by atoms with E-state index in [4.69, 9.17) is 5.73 Å². The molecule has 1 aromatic rings. The summed E-state index contributed by atoms with van der Waals surface area (Å²) >= 11 is 0. The maximum Gasteiger partial charge on any atom is 0.0489 e. The first-order chi connectivity index (χ1) is 8.28. The van der Waals surface area contributed by atoms with Crippen LogP contribution in [0.4, 0.5) is 0 Å². The van der Waals surface area contributed by atoms with Crippen LogP contribution < -0.4 is 5.73 Å². The van der Waals surface area contributed by atoms with E-state index in [9.17, 15) is 5.11 Å². The van der Waals surface area contributed by atoms with Crippen LogP contribution in [-0.4, -0.2) is 36.2 Å². The number of benzene rings is 1. The van der Waals surface area contributed by atoms with Gasteiger partial charge >= 0.3 is 0 Å². The summed E-state index contributed by atoms with van der Waals surface area (Å²) in [5.74, 6) is 0.0947. The molecule has 0 amide bonds. The molecule has 0 saturated carbocycles. The third kappa shape index (κ3) is 3.53. The van der Waals surface area contributed by atoms with Gasteiger partial charge in [-0.2, -0.15) is 0 Å². The highest BCUT2D eigenvalue weighted by Crippen LogP contribution is 2.27. The Morgan fingerprint density at radius 3 is 2.18 bits per heavy atom. The van der Waals surface area contributed by atoms with E-state index in [0.29, 0.717) is 6.54 Å². The lowest BCUT2D eigenvalue weighted by Gasteiger charge is -2.35. The largest absolute Gasteiger partial charge is 0.396 e. The van der Waals surface area contributed by atoms with Gasteiger partial charge in [0.1, 0.15) is 0 Å². The van der Waals surface area contributed by atoms with Gasteiger partial charge in [-0.25, -0.2) is 0 Å². The molecule has 3 N–H and O–H groups in total. The fourth-order valence-corrected chi connectivity index (χ4v) is 2.35. The molecule has 2 atom stereocenters. The smallest absolute Gasteiger partial charge is 0.0489 e. The van der Waals surface area contributed by atoms with Crippen LogP contribution in [0.5, 0.6) is 0 Å². The van der Waals surface area contributed by atoms with Gasteiger partial charge < -0.3 is 10.8 Å². The minimum atomic E-state index is 0.0947. The molecule has 96 valence electrons. The van der Waals surface area contributed by atoms with Crippen LogP contribution in [0.15, 0.2) is 30.3 Å². The summed E-state index contributed by atoms with van der Waals surface area (Å²) in [5.41, 5.74) is 7.02. The molecular formula is C14H24N2O. The highest BCUT2D eigenvalue weighted by Gasteiger charge is 2.25. The molecule has 0 saturated heterocycles. The van der Waals surface area contributed by atoms with Gasteiger partial charge in [0.2, 0.25) is 0 Å². The summed E-state index contributed by atoms with van der Waals surface area (Å²) in [6, 6.07) is 10.5. The number of hydrogen-bond acceptors (Lipinski definition) is 3. The SMILES string of the molecule is CCN(CC)[C@H](c1ccccc1)[C@H](CN)CO. The minimum Gasteiger partial charge on any atom is -0.396 e. The number of rotatable bonds is 7. The van der Waals surface area contributed by atoms with Gasteiger partial charge in [0.05, 0.1) is 0 Å². The standard InChI is InChI=1S/C14H24N2O/c1-3-16(4-2)14(13(10-15)11-17)12-8-6-5-7-9-12/h5-9,13-14,17H,3-4,10-11,15H2,1-2H3/t13-,14-/m1/s1. The van der Waals surface area contributed by atoms with Crippen molar-refractivity contribution < 1.29 is 5.11 Å². The maximum atomic E-state index is 9.49. The van der Waals surface area contributed by atoms with E-state index >= 15 is 0 Å². The van der Waals surface area contributed by atoms with Gasteiger partial charge in [0.25, 0.3) is 0 Å². The zero-order valence-corrected chi connectivity index (χ0v) is 10.8. The molecule has 1 aromatic carbocycles. The number of nitrogens with zero attached hydrogens (tertiary/aromatic N) is 1. The Morgan fingerprint density at radius 1 is 1.18 bits per heavy atom. The Labute approximate surface area is 104 Å². The first-order valence-electron chi connectivity index (χ1n) is 6.38. The lowest BCUT2D eigenvalue weighted by molar-refractivity contribution is 0.109. The molecule has 0 fully saturated rings. The summed E-state index contributed by atoms with van der Waals surface area (Å²) < 4.78 is 0. The second-order valence-corrected chi connectivity index (χ2v) is 4.26. The molecule has 0 bridgehead atoms. The van der Waals surface area contributed by atoms with Crippen molar-refractivity contribution in [3.8, 4) is 0 Å². The molecule has 17 heavy (non-hydrogen) atoms. The van der Waals surface area contributed by atoms with E-state index in [-0.39, 0.29) is 18.6 Å². The average molecular weight is 236 g/mol. The van der Waals surface area contributed by atoms with Crippen LogP contribution >= 0.6 is 0 Å². The van der Waals surface area contributed by atoms with Crippen LogP contribution in [0.1, 0.15) is 25.5 Å². The third-order valence-corrected chi connectivity index (χ3v) is 3.33. The maximum absolute atomic E-state index is 9.49. The Hall–Kier alpha value is -0.900. The Kier molecular flexibility index (Phi) is 6.19. The molecule has 0 aliphatic rings. The Morgan fingerprint density at radius 2 is 1.76 bits per heavy atom. The summed E-state index contributed by atoms with van der Waals surface area (Å²) in [6.07, 6.45) is 0. The predicted molar refractivity (Wildman–Crippen MR) is 71.7 cm³/mol. The molecule has 0 aliphatic carbocycles. The molecule has 3 nitrogen and oxygen atoms in total. The van der Waals surface area contributed by atoms with Gasteiger partial charge in [-0.1, -0.05) is 44.2 Å². The van der Waals surface area contributed by atoms with Crippen molar-refractivity contribution in [3.63, 3.8) is 0 Å². The van der Waals surface area contributed by atoms with Crippen LogP contribution in [0.2, 0.25) is 0 Å². The quantitative estimate of drug-likeness (QED) is 0.756. The summed E-state index contributed by atoms with van der Waals surface area (Å²) in [5, 5.41) is 9.49. The third-order valence-electron chi connectivity index (χ3n) is 3.33. The lowest BCUT2D eigenvalue weighted by atomic mass is 9.92. The van der Waals surface area contributed by atoms with E-state index in [1.54, 1.807) is 0 Å². The van der Waals surface area contributed by atoms with Crippen LogP contribution in [0.25, 0.3) is 0 Å². The molecule has 0 aromatic heterocycles. The molecular weight excluding hydrogens is 212 g/mol. The van der Waals surface area contributed by atoms with E-state index in [1.807, 2.05) is 18.2 Å². The van der Waals surface area contributed by atoms with E-state index in [2.05, 4.69) is 30.9 Å². The van der Waals surface area contributed by atoms with E-state index in [1.165, 1.54) is 5.56 Å². The van der Waals surface area contributed by atoms with Crippen molar-refractivity contribution in [2.45, 2.75) is 19.9 Å². The highest BCUT2D eigenvalue weighted by atomic mass is 16.3. The molecule has 0 radical (unpaired) electrons. The second kappa shape index (κ2) is 7.43.